The van der Waals surface area contributed by atoms with Gasteiger partial charge in [-0.2, -0.15) is 0 Å². The van der Waals surface area contributed by atoms with Crippen LogP contribution in [0.15, 0.2) is 30.3 Å². The first-order valence-corrected chi connectivity index (χ1v) is 4.58. The zero-order valence-electron chi connectivity index (χ0n) is 7.51. The molecule has 0 saturated carbocycles. The van der Waals surface area contributed by atoms with E-state index in [2.05, 4.69) is 0 Å². The van der Waals surface area contributed by atoms with E-state index in [-0.39, 0.29) is 6.42 Å². The lowest BCUT2D eigenvalue weighted by atomic mass is 10.1. The van der Waals surface area contributed by atoms with Gasteiger partial charge in [0, 0.05) is 11.3 Å². The van der Waals surface area contributed by atoms with E-state index in [1.54, 1.807) is 0 Å². The molecule has 0 bridgehead atoms. The highest BCUT2D eigenvalue weighted by Gasteiger charge is 2.14. The summed E-state index contributed by atoms with van der Waals surface area (Å²) >= 11 is 5.07. The molecule has 1 rings (SSSR count). The minimum absolute atomic E-state index is 0.203. The third-order valence-corrected chi connectivity index (χ3v) is 2.22. The van der Waals surface area contributed by atoms with Crippen molar-refractivity contribution in [3.8, 4) is 0 Å². The third-order valence-electron chi connectivity index (χ3n) is 1.82. The second-order valence-electron chi connectivity index (χ2n) is 2.94. The third kappa shape index (κ3) is 2.90. The number of carboxylic acids is 1. The first kappa shape index (κ1) is 10.8. The highest BCUT2D eigenvalue weighted by atomic mass is 32.1. The molecule has 1 atom stereocenters. The van der Waals surface area contributed by atoms with E-state index in [0.29, 0.717) is 4.86 Å². The van der Waals surface area contributed by atoms with Crippen molar-refractivity contribution in [2.45, 2.75) is 12.5 Å². The lowest BCUT2D eigenvalue weighted by molar-refractivity contribution is -0.138. The molecule has 3 nitrogen and oxygen atoms in total. The van der Waals surface area contributed by atoms with Crippen LogP contribution in [0.3, 0.4) is 0 Å². The Balaban J connectivity index is 2.64. The molecule has 0 unspecified atom stereocenters. The molecule has 0 heterocycles. The second-order valence-corrected chi connectivity index (χ2v) is 3.43. The van der Waals surface area contributed by atoms with Crippen molar-refractivity contribution in [2.75, 3.05) is 0 Å². The van der Waals surface area contributed by atoms with Crippen molar-refractivity contribution < 1.29 is 9.90 Å². The summed E-state index contributed by atoms with van der Waals surface area (Å²) in [6.07, 6.45) is 0.203. The highest BCUT2D eigenvalue weighted by Crippen LogP contribution is 2.06. The van der Waals surface area contributed by atoms with Crippen LogP contribution >= 0.6 is 12.2 Å². The van der Waals surface area contributed by atoms with Gasteiger partial charge in [-0.15, -0.1) is 0 Å². The lowest BCUT2D eigenvalue weighted by Crippen LogP contribution is -2.32. The van der Waals surface area contributed by atoms with Crippen LogP contribution in [0, 0.1) is 0 Å². The van der Waals surface area contributed by atoms with Crippen molar-refractivity contribution in [1.82, 2.24) is 0 Å². The van der Waals surface area contributed by atoms with Crippen molar-refractivity contribution >= 4 is 23.1 Å². The van der Waals surface area contributed by atoms with Gasteiger partial charge in [0.15, 0.2) is 0 Å². The average molecular weight is 209 g/mol. The van der Waals surface area contributed by atoms with E-state index in [1.165, 1.54) is 0 Å². The Bertz CT molecular complexity index is 337. The number of carboxylic acid groups (broad SMARTS) is 1. The zero-order chi connectivity index (χ0) is 10.6. The number of thiocarbonyl (C=S) groups is 1. The van der Waals surface area contributed by atoms with Crippen molar-refractivity contribution in [1.29, 1.82) is 0 Å². The van der Waals surface area contributed by atoms with Gasteiger partial charge in [0.1, 0.15) is 6.04 Å². The van der Waals surface area contributed by atoms with Crippen LogP contribution in [0.2, 0.25) is 0 Å². The summed E-state index contributed by atoms with van der Waals surface area (Å²) in [5.41, 5.74) is 6.23. The van der Waals surface area contributed by atoms with Crippen molar-refractivity contribution in [3.05, 3.63) is 35.9 Å². The molecule has 0 aliphatic heterocycles. The van der Waals surface area contributed by atoms with Crippen LogP contribution in [0.4, 0.5) is 0 Å². The highest BCUT2D eigenvalue weighted by molar-refractivity contribution is 7.80. The molecule has 14 heavy (non-hydrogen) atoms. The Hall–Kier alpha value is -1.26. The standard InChI is InChI=1S/C10H11NO2S/c11-8(10(12)13)6-9(14)7-4-2-1-3-5-7/h1-5,8H,6,11H2,(H,12,13)/t8-/m0/s1. The van der Waals surface area contributed by atoms with Crippen LogP contribution in [0.5, 0.6) is 0 Å². The Morgan fingerprint density at radius 1 is 1.43 bits per heavy atom. The number of carbonyl (C=O) groups is 1. The van der Waals surface area contributed by atoms with Gasteiger partial charge in [0.25, 0.3) is 0 Å². The van der Waals surface area contributed by atoms with Gasteiger partial charge in [0.05, 0.1) is 0 Å². The fourth-order valence-electron chi connectivity index (χ4n) is 1.03. The van der Waals surface area contributed by atoms with Gasteiger partial charge in [-0.25, -0.2) is 0 Å². The molecule has 0 fully saturated rings. The van der Waals surface area contributed by atoms with Gasteiger partial charge in [-0.05, 0) is 5.56 Å². The number of nitrogens with two attached hydrogens (primary N) is 1. The normalized spacial score (nSPS) is 12.1. The predicted molar refractivity (Wildman–Crippen MR) is 58.4 cm³/mol. The van der Waals surface area contributed by atoms with Gasteiger partial charge < -0.3 is 10.8 Å². The summed E-state index contributed by atoms with van der Waals surface area (Å²) < 4.78 is 0. The summed E-state index contributed by atoms with van der Waals surface area (Å²) in [4.78, 5) is 11.1. The molecule has 1 aromatic carbocycles. The lowest BCUT2D eigenvalue weighted by Gasteiger charge is -2.07. The number of hydrogen-bond donors (Lipinski definition) is 2. The SMILES string of the molecule is N[C@@H](CC(=S)c1ccccc1)C(=O)O. The molecule has 1 aromatic rings. The maximum Gasteiger partial charge on any atom is 0.320 e. The van der Waals surface area contributed by atoms with Crippen LogP contribution in [0.25, 0.3) is 0 Å². The smallest absolute Gasteiger partial charge is 0.320 e. The fourth-order valence-corrected chi connectivity index (χ4v) is 1.34. The predicted octanol–water partition coefficient (Wildman–Crippen LogP) is 1.21. The quantitative estimate of drug-likeness (QED) is 0.578. The molecule has 0 saturated heterocycles. The summed E-state index contributed by atoms with van der Waals surface area (Å²) in [7, 11) is 0. The topological polar surface area (TPSA) is 63.3 Å². The summed E-state index contributed by atoms with van der Waals surface area (Å²) in [6, 6.07) is 8.36. The number of benzene rings is 1. The van der Waals surface area contributed by atoms with E-state index >= 15 is 0 Å². The summed E-state index contributed by atoms with van der Waals surface area (Å²) in [5, 5.41) is 8.59. The zero-order valence-corrected chi connectivity index (χ0v) is 8.33. The van der Waals surface area contributed by atoms with E-state index in [0.717, 1.165) is 5.56 Å². The van der Waals surface area contributed by atoms with Crippen LogP contribution in [0.1, 0.15) is 12.0 Å². The minimum Gasteiger partial charge on any atom is -0.480 e. The van der Waals surface area contributed by atoms with Crippen molar-refractivity contribution in [2.24, 2.45) is 5.73 Å². The molecule has 0 aliphatic rings. The molecule has 0 spiro atoms. The van der Waals surface area contributed by atoms with E-state index in [1.807, 2.05) is 30.3 Å². The van der Waals surface area contributed by atoms with Gasteiger partial charge >= 0.3 is 5.97 Å². The Labute approximate surface area is 87.5 Å². The van der Waals surface area contributed by atoms with Crippen LogP contribution in [-0.4, -0.2) is 22.0 Å². The number of hydrogen-bond acceptors (Lipinski definition) is 3. The maximum atomic E-state index is 10.5. The monoisotopic (exact) mass is 209 g/mol. The Morgan fingerprint density at radius 2 is 2.00 bits per heavy atom. The molecule has 0 radical (unpaired) electrons. The Morgan fingerprint density at radius 3 is 2.50 bits per heavy atom. The van der Waals surface area contributed by atoms with Crippen LogP contribution < -0.4 is 5.73 Å². The molecule has 0 aromatic heterocycles. The number of rotatable bonds is 4. The van der Waals surface area contributed by atoms with Gasteiger partial charge in [-0.1, -0.05) is 42.5 Å². The fraction of sp³-hybridized carbons (Fsp3) is 0.200. The van der Waals surface area contributed by atoms with E-state index in [9.17, 15) is 4.79 Å². The maximum absolute atomic E-state index is 10.5. The minimum atomic E-state index is -1.02. The Kier molecular flexibility index (Phi) is 3.73. The second kappa shape index (κ2) is 4.83. The van der Waals surface area contributed by atoms with Gasteiger partial charge in [-0.3, -0.25) is 4.79 Å². The largest absolute Gasteiger partial charge is 0.480 e. The van der Waals surface area contributed by atoms with Crippen LogP contribution in [-0.2, 0) is 4.79 Å². The molecular weight excluding hydrogens is 198 g/mol. The first-order valence-electron chi connectivity index (χ1n) is 4.18. The summed E-state index contributed by atoms with van der Waals surface area (Å²) in [5.74, 6) is -1.02. The molecular formula is C10H11NO2S. The van der Waals surface area contributed by atoms with Gasteiger partial charge in [0.2, 0.25) is 0 Å². The van der Waals surface area contributed by atoms with Crippen molar-refractivity contribution in [3.63, 3.8) is 0 Å². The van der Waals surface area contributed by atoms with E-state index in [4.69, 9.17) is 23.1 Å². The molecule has 74 valence electrons. The number of aliphatic carboxylic acids is 1. The van der Waals surface area contributed by atoms with E-state index < -0.39 is 12.0 Å². The summed E-state index contributed by atoms with van der Waals surface area (Å²) in [6.45, 7) is 0. The molecule has 0 aliphatic carbocycles. The molecule has 4 heteroatoms. The molecule has 0 amide bonds. The molecule has 3 N–H and O–H groups in total. The average Bonchev–Trinajstić information content (AvgIpc) is 2.19. The first-order chi connectivity index (χ1) is 6.61.